The van der Waals surface area contributed by atoms with Crippen LogP contribution < -0.4 is 0 Å². The molecule has 282 valence electrons. The average Bonchev–Trinajstić information content (AvgIpc) is 3.21. The fourth-order valence-corrected chi connectivity index (χ4v) is 5.36. The zero-order valence-corrected chi connectivity index (χ0v) is 33.3. The van der Waals surface area contributed by atoms with Crippen molar-refractivity contribution < 1.29 is 36.0 Å². The third-order valence-corrected chi connectivity index (χ3v) is 8.01. The van der Waals surface area contributed by atoms with Gasteiger partial charge in [0.05, 0.1) is 34.2 Å². The van der Waals surface area contributed by atoms with Crippen LogP contribution in [0.3, 0.4) is 0 Å². The number of hydrogen-bond donors (Lipinski definition) is 0. The average molecular weight is 852 g/mol. The fraction of sp³-hybridized carbons (Fsp3) is 0.286. The van der Waals surface area contributed by atoms with Crippen LogP contribution in [0.5, 0.6) is 0 Å². The van der Waals surface area contributed by atoms with E-state index in [9.17, 15) is 0 Å². The first kappa shape index (κ1) is 44.3. The van der Waals surface area contributed by atoms with Gasteiger partial charge >= 0.3 is 36.0 Å². The molecule has 0 aliphatic carbocycles. The molecule has 7 heterocycles. The molecule has 7 rings (SSSR count). The number of aromatic nitrogens is 6. The van der Waals surface area contributed by atoms with Crippen LogP contribution in [0.15, 0.2) is 134 Å². The van der Waals surface area contributed by atoms with Crippen LogP contribution in [0.25, 0.3) is 50.1 Å². The minimum absolute atomic E-state index is 0. The Morgan fingerprint density at radius 3 is 1.39 bits per heavy atom. The first-order valence-corrected chi connectivity index (χ1v) is 17.9. The van der Waals surface area contributed by atoms with Gasteiger partial charge in [-0.25, -0.2) is 0 Å². The monoisotopic (exact) mass is 851 g/mol. The minimum Gasteiger partial charge on any atom is -0.664 e. The largest absolute Gasteiger partial charge is 2.00 e. The van der Waals surface area contributed by atoms with Gasteiger partial charge in [-0.15, -0.1) is 13.1 Å². The predicted octanol–water partition coefficient (Wildman–Crippen LogP) is 8.45. The Morgan fingerprint density at radius 2 is 0.907 bits per heavy atom. The Hall–Kier alpha value is -4.14. The zero-order chi connectivity index (χ0) is 35.9. The molecule has 1 aliphatic rings. The van der Waals surface area contributed by atoms with Crippen LogP contribution in [-0.2, 0) is 42.5 Å². The summed E-state index contributed by atoms with van der Waals surface area (Å²) in [6.45, 7) is 10.3. The SMILES string of the molecule is Cc1ccnc(-c2cc(CN3CCC[N-]CC[N-]CCC[N-]CC3)ccn2)c1.[Ni+2].[Ru+2].c1ccc(-c2ccccn2)nc1.c1ccc(-c2ccccn2)nc1. The molecular weight excluding hydrogens is 804 g/mol. The van der Waals surface area contributed by atoms with Crippen LogP contribution in [0, 0.1) is 6.92 Å². The van der Waals surface area contributed by atoms with Crippen molar-refractivity contribution >= 4 is 0 Å². The van der Waals surface area contributed by atoms with Crippen LogP contribution in [0.2, 0.25) is 0 Å². The Bertz CT molecular complexity index is 1660. The first-order valence-electron chi connectivity index (χ1n) is 17.9. The molecular formula is C42H47N10NiRu+. The Morgan fingerprint density at radius 1 is 0.463 bits per heavy atom. The summed E-state index contributed by atoms with van der Waals surface area (Å²) in [7, 11) is 0. The Balaban J connectivity index is 0.000000248. The van der Waals surface area contributed by atoms with Gasteiger partial charge in [-0.2, -0.15) is 26.2 Å². The summed E-state index contributed by atoms with van der Waals surface area (Å²) in [6, 6.07) is 31.6. The summed E-state index contributed by atoms with van der Waals surface area (Å²) in [4.78, 5) is 28.2. The normalized spacial score (nSPS) is 13.9. The fourth-order valence-electron chi connectivity index (χ4n) is 5.36. The second-order valence-electron chi connectivity index (χ2n) is 12.1. The van der Waals surface area contributed by atoms with Crippen molar-refractivity contribution in [2.45, 2.75) is 26.3 Å². The maximum Gasteiger partial charge on any atom is 2.00 e. The van der Waals surface area contributed by atoms with E-state index in [0.29, 0.717) is 0 Å². The summed E-state index contributed by atoms with van der Waals surface area (Å²) in [5.41, 5.74) is 8.00. The van der Waals surface area contributed by atoms with Crippen molar-refractivity contribution in [3.8, 4) is 34.2 Å². The molecule has 6 aromatic rings. The molecule has 0 atom stereocenters. The van der Waals surface area contributed by atoms with Gasteiger partial charge in [-0.3, -0.25) is 29.9 Å². The van der Waals surface area contributed by atoms with Crippen LogP contribution >= 0.6 is 0 Å². The Labute approximate surface area is 343 Å². The van der Waals surface area contributed by atoms with Gasteiger partial charge in [-0.05, 0) is 104 Å². The van der Waals surface area contributed by atoms with Crippen molar-refractivity contribution in [3.05, 3.63) is 161 Å². The molecule has 1 aliphatic heterocycles. The van der Waals surface area contributed by atoms with E-state index in [1.165, 1.54) is 11.1 Å². The second-order valence-corrected chi connectivity index (χ2v) is 12.1. The third-order valence-electron chi connectivity index (χ3n) is 8.01. The van der Waals surface area contributed by atoms with Crippen molar-refractivity contribution in [3.63, 3.8) is 0 Å². The molecule has 1 saturated heterocycles. The smallest absolute Gasteiger partial charge is 0.664 e. The summed E-state index contributed by atoms with van der Waals surface area (Å²) < 4.78 is 0. The van der Waals surface area contributed by atoms with Crippen LogP contribution in [-0.4, -0.2) is 87.2 Å². The molecule has 10 nitrogen and oxygen atoms in total. The molecule has 0 unspecified atom stereocenters. The summed E-state index contributed by atoms with van der Waals surface area (Å²) in [6.07, 6.45) is 12.9. The Kier molecular flexibility index (Phi) is 21.8. The molecule has 0 bridgehead atoms. The first-order chi connectivity index (χ1) is 25.7. The van der Waals surface area contributed by atoms with E-state index in [4.69, 9.17) is 0 Å². The number of hydrogen-bond acceptors (Lipinski definition) is 7. The third kappa shape index (κ3) is 16.5. The topological polar surface area (TPSA) is 123 Å². The number of pyridine rings is 6. The quantitative estimate of drug-likeness (QED) is 0.160. The van der Waals surface area contributed by atoms with E-state index < -0.39 is 0 Å². The van der Waals surface area contributed by atoms with Gasteiger partial charge in [0.15, 0.2) is 0 Å². The maximum absolute atomic E-state index is 4.68. The van der Waals surface area contributed by atoms with Gasteiger partial charge in [0.25, 0.3) is 0 Å². The molecule has 0 N–H and O–H groups in total. The van der Waals surface area contributed by atoms with Crippen molar-refractivity contribution in [1.82, 2.24) is 34.8 Å². The van der Waals surface area contributed by atoms with E-state index >= 15 is 0 Å². The van der Waals surface area contributed by atoms with Crippen molar-refractivity contribution in [2.24, 2.45) is 0 Å². The van der Waals surface area contributed by atoms with E-state index in [2.05, 4.69) is 75.9 Å². The second kappa shape index (κ2) is 26.6. The summed E-state index contributed by atoms with van der Waals surface area (Å²) in [5.74, 6) is 0. The number of aryl methyl sites for hydroxylation is 1. The molecule has 1 fully saturated rings. The van der Waals surface area contributed by atoms with Gasteiger partial charge in [0.1, 0.15) is 0 Å². The van der Waals surface area contributed by atoms with Gasteiger partial charge in [0.2, 0.25) is 0 Å². The molecule has 12 heteroatoms. The van der Waals surface area contributed by atoms with E-state index in [1.807, 2.05) is 91.3 Å². The molecule has 0 spiro atoms. The summed E-state index contributed by atoms with van der Waals surface area (Å²) >= 11 is 0. The van der Waals surface area contributed by atoms with Gasteiger partial charge < -0.3 is 20.9 Å². The molecule has 0 radical (unpaired) electrons. The number of nitrogens with zero attached hydrogens (tertiary/aromatic N) is 10. The van der Waals surface area contributed by atoms with Crippen molar-refractivity contribution in [1.29, 1.82) is 0 Å². The molecule has 54 heavy (non-hydrogen) atoms. The van der Waals surface area contributed by atoms with Gasteiger partial charge in [0, 0.05) is 43.7 Å². The predicted molar refractivity (Wildman–Crippen MR) is 211 cm³/mol. The van der Waals surface area contributed by atoms with E-state index in [-0.39, 0.29) is 36.0 Å². The van der Waals surface area contributed by atoms with E-state index in [0.717, 1.165) is 106 Å². The van der Waals surface area contributed by atoms with Crippen LogP contribution in [0.4, 0.5) is 0 Å². The van der Waals surface area contributed by atoms with E-state index in [1.54, 1.807) is 24.8 Å². The van der Waals surface area contributed by atoms with Crippen LogP contribution in [0.1, 0.15) is 24.0 Å². The molecule has 6 aromatic heterocycles. The van der Waals surface area contributed by atoms with Crippen molar-refractivity contribution in [2.75, 3.05) is 52.4 Å². The summed E-state index contributed by atoms with van der Waals surface area (Å²) in [5, 5.41) is 13.8. The zero-order valence-electron chi connectivity index (χ0n) is 30.6. The molecule has 0 aromatic carbocycles. The maximum atomic E-state index is 4.68. The number of rotatable bonds is 5. The molecule has 0 saturated carbocycles. The van der Waals surface area contributed by atoms with Gasteiger partial charge in [-0.1, -0.05) is 37.1 Å². The molecule has 0 amide bonds. The minimum atomic E-state index is 0. The standard InChI is InChI=1S/C22H31N6.2C10H8N2.Ni.Ru/c1-19-4-9-26-21(16-19)22-17-20(5-10-27-22)18-28-14-3-8-24-12-11-23-6-2-7-25-13-15-28;2*1-3-7-11-9(5-1)10-6-2-4-8-12-10;;/h4-5,9-10,16-17H,2-3,6-8,11-15,18H2,1H3;2*1-8H;;/q-3;;;2*+2.